The molecule has 0 aliphatic carbocycles. The van der Waals surface area contributed by atoms with Crippen molar-refractivity contribution in [3.05, 3.63) is 45.9 Å². The zero-order chi connectivity index (χ0) is 56.5. The Hall–Kier alpha value is -5.37. The van der Waals surface area contributed by atoms with Crippen LogP contribution < -0.4 is 26.8 Å². The average molecular weight is 1100 g/mol. The number of likely N-dealkylation sites (tertiary alicyclic amines) is 1. The zero-order valence-corrected chi connectivity index (χ0v) is 47.9. The number of phenolic OH excluding ortho intramolecular Hbond substituents is 1. The van der Waals surface area contributed by atoms with Crippen molar-refractivity contribution in [1.82, 2.24) is 41.6 Å². The Kier molecular flexibility index (Phi) is 32.1. The number of piperidine rings is 1. The first-order valence-corrected chi connectivity index (χ1v) is 28.5. The highest BCUT2D eigenvalue weighted by Gasteiger charge is 2.38. The van der Waals surface area contributed by atoms with Gasteiger partial charge in [-0.15, -0.1) is 23.7 Å². The Morgan fingerprint density at radius 2 is 1.57 bits per heavy atom. The lowest BCUT2D eigenvalue weighted by atomic mass is 9.92. The molecule has 77 heavy (non-hydrogen) atoms. The van der Waals surface area contributed by atoms with E-state index in [1.807, 2.05) is 39.6 Å². The standard InChI is InChI=1S/C56H90N8O12S/c1-10-14-15-19-49(66)57-24-28-72-29-30-73-31-32-74-33-34-76-56(71)62-61-51(67)41(8)35-43(36-42-20-22-44(65)23-21-42)58-52(68)45-38-77-54(59-45)48(75-27-12-3)37-47(39(5)6)64(25-11-2)55(70)50(40(7)13-4)60-53(69)46-18-16-17-26-63(46)9/h1,20-23,38-41,43,46-48,50,65H,11-19,24-37H2,2-9H3,(H,57,66)(H,58,68)(H,60,69)(H,61,67)(H,62,71)/t40-,41-,43+,46+,47+,48+,50-/m0/s1. The van der Waals surface area contributed by atoms with E-state index in [4.69, 9.17) is 35.1 Å². The van der Waals surface area contributed by atoms with E-state index < -0.39 is 42.0 Å². The summed E-state index contributed by atoms with van der Waals surface area (Å²) < 4.78 is 27.9. The predicted molar refractivity (Wildman–Crippen MR) is 296 cm³/mol. The van der Waals surface area contributed by atoms with Crippen molar-refractivity contribution in [3.8, 4) is 18.1 Å². The van der Waals surface area contributed by atoms with Crippen LogP contribution in [0.1, 0.15) is 146 Å². The van der Waals surface area contributed by atoms with Crippen LogP contribution in [0.15, 0.2) is 29.6 Å². The molecule has 2 aromatic rings. The van der Waals surface area contributed by atoms with Crippen LogP contribution in [-0.2, 0) is 49.3 Å². The number of nitrogens with one attached hydrogen (secondary N) is 5. The quantitative estimate of drug-likeness (QED) is 0.0255. The number of thiazole rings is 1. The van der Waals surface area contributed by atoms with Crippen LogP contribution in [0.25, 0.3) is 0 Å². The molecule has 1 aliphatic heterocycles. The largest absolute Gasteiger partial charge is 0.508 e. The number of aromatic nitrogens is 1. The van der Waals surface area contributed by atoms with E-state index in [-0.39, 0.29) is 79.3 Å². The molecule has 7 atom stereocenters. The van der Waals surface area contributed by atoms with Crippen LogP contribution in [-0.4, -0.2) is 159 Å². The number of terminal acetylenes is 1. The maximum atomic E-state index is 14.8. The minimum atomic E-state index is -0.882. The maximum absolute atomic E-state index is 14.8. The fourth-order valence-corrected chi connectivity index (χ4v) is 9.69. The van der Waals surface area contributed by atoms with Crippen LogP contribution in [0.4, 0.5) is 4.79 Å². The highest BCUT2D eigenvalue weighted by molar-refractivity contribution is 7.09. The van der Waals surface area contributed by atoms with Crippen molar-refractivity contribution in [2.75, 3.05) is 79.5 Å². The number of carbonyl (C=O) groups is 6. The highest BCUT2D eigenvalue weighted by Crippen LogP contribution is 2.32. The van der Waals surface area contributed by atoms with Crippen molar-refractivity contribution in [2.24, 2.45) is 17.8 Å². The molecule has 0 radical (unpaired) electrons. The van der Waals surface area contributed by atoms with Gasteiger partial charge >= 0.3 is 6.09 Å². The van der Waals surface area contributed by atoms with Crippen molar-refractivity contribution in [1.29, 1.82) is 0 Å². The minimum Gasteiger partial charge on any atom is -0.508 e. The number of benzene rings is 1. The van der Waals surface area contributed by atoms with E-state index >= 15 is 0 Å². The summed E-state index contributed by atoms with van der Waals surface area (Å²) in [6.45, 7) is 17.8. The Balaban J connectivity index is 1.59. The lowest BCUT2D eigenvalue weighted by Crippen LogP contribution is -2.58. The van der Waals surface area contributed by atoms with E-state index in [0.29, 0.717) is 96.1 Å². The smallest absolute Gasteiger partial charge is 0.426 e. The van der Waals surface area contributed by atoms with Crippen molar-refractivity contribution in [2.45, 2.75) is 156 Å². The van der Waals surface area contributed by atoms with Gasteiger partial charge in [0.15, 0.2) is 0 Å². The third-order valence-electron chi connectivity index (χ3n) is 13.4. The fraction of sp³-hybridized carbons (Fsp3) is 0.696. The summed E-state index contributed by atoms with van der Waals surface area (Å²) in [5, 5.41) is 21.2. The molecule has 20 nitrogen and oxygen atoms in total. The average Bonchev–Trinajstić information content (AvgIpc) is 3.92. The molecule has 1 aromatic carbocycles. The van der Waals surface area contributed by atoms with E-state index in [9.17, 15) is 33.9 Å². The third kappa shape index (κ3) is 24.9. The monoisotopic (exact) mass is 1100 g/mol. The predicted octanol–water partition coefficient (Wildman–Crippen LogP) is 6.08. The third-order valence-corrected chi connectivity index (χ3v) is 14.3. The molecular weight excluding hydrogens is 1010 g/mol. The van der Waals surface area contributed by atoms with E-state index in [0.717, 1.165) is 37.8 Å². The van der Waals surface area contributed by atoms with Gasteiger partial charge in [0.05, 0.1) is 45.7 Å². The van der Waals surface area contributed by atoms with Gasteiger partial charge in [0.1, 0.15) is 35.2 Å². The van der Waals surface area contributed by atoms with Gasteiger partial charge < -0.3 is 49.6 Å². The lowest BCUT2D eigenvalue weighted by molar-refractivity contribution is -0.143. The number of nitrogens with zero attached hydrogens (tertiary/aromatic N) is 3. The Morgan fingerprint density at radius 3 is 2.21 bits per heavy atom. The normalized spacial score (nSPS) is 16.0. The summed E-state index contributed by atoms with van der Waals surface area (Å²) in [5.41, 5.74) is 5.63. The molecule has 1 aromatic heterocycles. The fourth-order valence-electron chi connectivity index (χ4n) is 8.83. The number of hydrogen-bond acceptors (Lipinski definition) is 15. The first kappa shape index (κ1) is 65.9. The molecule has 21 heteroatoms. The summed E-state index contributed by atoms with van der Waals surface area (Å²) >= 11 is 1.30. The number of likely N-dealkylation sites (N-methyl/N-ethyl adjacent to an activating group) is 1. The molecule has 432 valence electrons. The van der Waals surface area contributed by atoms with E-state index in [1.165, 1.54) is 11.3 Å². The summed E-state index contributed by atoms with van der Waals surface area (Å²) in [5.74, 6) is 0.577. The van der Waals surface area contributed by atoms with E-state index in [2.05, 4.69) is 51.5 Å². The van der Waals surface area contributed by atoms with Crippen molar-refractivity contribution >= 4 is 47.0 Å². The van der Waals surface area contributed by atoms with Gasteiger partial charge in [-0.25, -0.2) is 15.2 Å². The SMILES string of the molecule is C#CCCCC(=O)NCCOCCOCCOCCOC(=O)NNC(=O)[C@@H](C)C[C@H](Cc1ccc(O)cc1)NC(=O)c1csc([C@@H](C[C@H](C(C)C)N(CCC)C(=O)[C@@H](NC(=O)[C@H]2CCCCN2C)[C@@H](C)CC)OCCC)n1. The first-order chi connectivity index (χ1) is 37.0. The molecule has 0 unspecified atom stereocenters. The lowest BCUT2D eigenvalue weighted by Gasteiger charge is -2.40. The topological polar surface area (TPSA) is 248 Å². The Labute approximate surface area is 461 Å². The number of hydrazine groups is 1. The highest BCUT2D eigenvalue weighted by atomic mass is 32.1. The van der Waals surface area contributed by atoms with Gasteiger partial charge in [-0.1, -0.05) is 73.4 Å². The van der Waals surface area contributed by atoms with Crippen molar-refractivity contribution < 1.29 is 57.6 Å². The van der Waals surface area contributed by atoms with Gasteiger partial charge in [0.2, 0.25) is 23.6 Å². The number of ether oxygens (including phenoxy) is 5. The van der Waals surface area contributed by atoms with Gasteiger partial charge in [-0.2, -0.15) is 0 Å². The molecule has 0 saturated carbocycles. The molecule has 1 fully saturated rings. The summed E-state index contributed by atoms with van der Waals surface area (Å²) in [4.78, 5) is 88.7. The van der Waals surface area contributed by atoms with Gasteiger partial charge in [-0.3, -0.25) is 34.3 Å². The maximum Gasteiger partial charge on any atom is 0.426 e. The Morgan fingerprint density at radius 1 is 0.883 bits per heavy atom. The van der Waals surface area contributed by atoms with Gasteiger partial charge in [0.25, 0.3) is 5.91 Å². The number of carbonyl (C=O) groups excluding carboxylic acids is 6. The summed E-state index contributed by atoms with van der Waals surface area (Å²) in [6.07, 6.45) is 11.2. The summed E-state index contributed by atoms with van der Waals surface area (Å²) in [6, 6.07) is 4.77. The number of hydrogen-bond donors (Lipinski definition) is 6. The summed E-state index contributed by atoms with van der Waals surface area (Å²) in [7, 11) is 1.97. The number of rotatable bonds is 37. The van der Waals surface area contributed by atoms with Crippen molar-refractivity contribution in [3.63, 3.8) is 0 Å². The van der Waals surface area contributed by atoms with E-state index in [1.54, 1.807) is 36.6 Å². The van der Waals surface area contributed by atoms with Crippen LogP contribution in [0.3, 0.4) is 0 Å². The molecule has 2 heterocycles. The molecule has 6 N–H and O–H groups in total. The zero-order valence-electron chi connectivity index (χ0n) is 47.0. The number of phenols is 1. The second-order valence-corrected chi connectivity index (χ2v) is 20.9. The molecular formula is C56H90N8O12S. The molecule has 1 aliphatic rings. The molecule has 6 amide bonds. The molecule has 1 saturated heterocycles. The molecule has 3 rings (SSSR count). The van der Waals surface area contributed by atoms with Crippen LogP contribution in [0.5, 0.6) is 5.75 Å². The number of aromatic hydroxyl groups is 1. The molecule has 0 spiro atoms. The van der Waals surface area contributed by atoms with Gasteiger partial charge in [0, 0.05) is 62.3 Å². The number of amides is 6. The van der Waals surface area contributed by atoms with Crippen LogP contribution in [0, 0.1) is 30.1 Å². The minimum absolute atomic E-state index is 0.0183. The van der Waals surface area contributed by atoms with Crippen LogP contribution in [0.2, 0.25) is 0 Å². The molecule has 0 bridgehead atoms. The Bertz CT molecular complexity index is 2100. The second kappa shape index (κ2) is 37.4. The van der Waals surface area contributed by atoms with Gasteiger partial charge in [-0.05, 0) is 88.1 Å². The number of unbranched alkanes of at least 4 members (excludes halogenated alkanes) is 1. The first-order valence-electron chi connectivity index (χ1n) is 27.7. The van der Waals surface area contributed by atoms with Crippen LogP contribution >= 0.6 is 11.3 Å². The second-order valence-electron chi connectivity index (χ2n) is 20.0.